The lowest BCUT2D eigenvalue weighted by atomic mass is 10.1. The summed E-state index contributed by atoms with van der Waals surface area (Å²) in [6, 6.07) is 2.56. The van der Waals surface area contributed by atoms with Crippen molar-refractivity contribution in [1.82, 2.24) is 16.0 Å². The van der Waals surface area contributed by atoms with Crippen LogP contribution in [0.15, 0.2) is 24.3 Å². The molecule has 1 rings (SSSR count). The summed E-state index contributed by atoms with van der Waals surface area (Å²) in [6.07, 6.45) is -9.11. The van der Waals surface area contributed by atoms with Crippen molar-refractivity contribution in [3.05, 3.63) is 35.4 Å². The molecule has 25 heavy (non-hydrogen) atoms. The van der Waals surface area contributed by atoms with E-state index in [2.05, 4.69) is 5.32 Å². The Morgan fingerprint density at radius 2 is 1.72 bits per heavy atom. The average molecular weight is 371 g/mol. The molecule has 0 heterocycles. The quantitative estimate of drug-likeness (QED) is 0.697. The molecule has 3 N–H and O–H groups in total. The monoisotopic (exact) mass is 371 g/mol. The third-order valence-corrected chi connectivity index (χ3v) is 2.96. The van der Waals surface area contributed by atoms with Crippen molar-refractivity contribution in [2.45, 2.75) is 25.3 Å². The first kappa shape index (κ1) is 20.6. The third-order valence-electron chi connectivity index (χ3n) is 2.96. The van der Waals surface area contributed by atoms with Crippen LogP contribution < -0.4 is 16.0 Å². The maximum absolute atomic E-state index is 12.6. The SMILES string of the molecule is C[C@H](NC(=O)NCC(=O)NCC(F)(F)F)c1cccc(C(F)(F)F)c1. The second-order valence-electron chi connectivity index (χ2n) is 5.06. The molecule has 1 aromatic rings. The molecule has 3 amide bonds. The minimum Gasteiger partial charge on any atom is -0.345 e. The summed E-state index contributed by atoms with van der Waals surface area (Å²) >= 11 is 0. The van der Waals surface area contributed by atoms with Gasteiger partial charge in [-0.15, -0.1) is 0 Å². The maximum atomic E-state index is 12.6. The number of urea groups is 1. The number of amides is 3. The number of rotatable bonds is 5. The molecule has 5 nitrogen and oxygen atoms in total. The minimum atomic E-state index is -4.57. The van der Waals surface area contributed by atoms with Gasteiger partial charge in [-0.25, -0.2) is 4.79 Å². The molecule has 0 aliphatic carbocycles. The van der Waals surface area contributed by atoms with E-state index in [4.69, 9.17) is 0 Å². The fourth-order valence-electron chi connectivity index (χ4n) is 1.74. The summed E-state index contributed by atoms with van der Waals surface area (Å²) in [6.45, 7) is -0.828. The van der Waals surface area contributed by atoms with Crippen molar-refractivity contribution in [1.29, 1.82) is 0 Å². The van der Waals surface area contributed by atoms with Crippen LogP contribution in [0.4, 0.5) is 31.1 Å². The van der Waals surface area contributed by atoms with Gasteiger partial charge in [0.25, 0.3) is 0 Å². The molecule has 0 saturated heterocycles. The fourth-order valence-corrected chi connectivity index (χ4v) is 1.74. The Kier molecular flexibility index (Phi) is 6.65. The molecule has 0 aliphatic heterocycles. The first-order chi connectivity index (χ1) is 11.4. The van der Waals surface area contributed by atoms with Crippen LogP contribution >= 0.6 is 0 Å². The second-order valence-corrected chi connectivity index (χ2v) is 5.06. The van der Waals surface area contributed by atoms with E-state index in [0.717, 1.165) is 12.1 Å². The van der Waals surface area contributed by atoms with E-state index in [1.807, 2.05) is 5.32 Å². The van der Waals surface area contributed by atoms with Crippen LogP contribution in [-0.2, 0) is 11.0 Å². The van der Waals surface area contributed by atoms with Gasteiger partial charge < -0.3 is 16.0 Å². The maximum Gasteiger partial charge on any atom is 0.416 e. The number of hydrogen-bond acceptors (Lipinski definition) is 2. The van der Waals surface area contributed by atoms with Crippen LogP contribution in [0.5, 0.6) is 0 Å². The third kappa shape index (κ3) is 7.77. The van der Waals surface area contributed by atoms with E-state index >= 15 is 0 Å². The highest BCUT2D eigenvalue weighted by molar-refractivity contribution is 5.84. The van der Waals surface area contributed by atoms with Crippen molar-refractivity contribution in [3.63, 3.8) is 0 Å². The van der Waals surface area contributed by atoms with Crippen molar-refractivity contribution in [2.75, 3.05) is 13.1 Å². The lowest BCUT2D eigenvalue weighted by Crippen LogP contribution is -2.44. The van der Waals surface area contributed by atoms with Gasteiger partial charge in [0, 0.05) is 0 Å². The summed E-state index contributed by atoms with van der Waals surface area (Å²) in [5.74, 6) is -1.06. The van der Waals surface area contributed by atoms with Gasteiger partial charge in [0.15, 0.2) is 0 Å². The number of carbonyl (C=O) groups is 2. The summed E-state index contributed by atoms with van der Waals surface area (Å²) in [5, 5.41) is 5.85. The van der Waals surface area contributed by atoms with Crippen LogP contribution in [0.3, 0.4) is 0 Å². The van der Waals surface area contributed by atoms with E-state index in [1.54, 1.807) is 5.32 Å². The standard InChI is InChI=1S/C14H15F6N3O2/c1-8(9-3-2-4-10(5-9)14(18,19)20)23-12(25)21-6-11(24)22-7-13(15,16)17/h2-5,8H,6-7H2,1H3,(H,22,24)(H2,21,23,25)/t8-/m0/s1. The number of halogens is 6. The Hall–Kier alpha value is -2.46. The van der Waals surface area contributed by atoms with Gasteiger partial charge in [0.1, 0.15) is 6.54 Å². The summed E-state index contributed by atoms with van der Waals surface area (Å²) in [5.41, 5.74) is -0.711. The van der Waals surface area contributed by atoms with Gasteiger partial charge in [-0.2, -0.15) is 26.3 Å². The fraction of sp³-hybridized carbons (Fsp3) is 0.429. The van der Waals surface area contributed by atoms with Gasteiger partial charge in [0.05, 0.1) is 18.2 Å². The van der Waals surface area contributed by atoms with Gasteiger partial charge in [-0.05, 0) is 24.6 Å². The lowest BCUT2D eigenvalue weighted by Gasteiger charge is -2.16. The molecule has 0 spiro atoms. The van der Waals surface area contributed by atoms with Crippen molar-refractivity contribution < 1.29 is 35.9 Å². The summed E-state index contributed by atoms with van der Waals surface area (Å²) < 4.78 is 73.6. The van der Waals surface area contributed by atoms with E-state index in [0.29, 0.717) is 0 Å². The average Bonchev–Trinajstić information content (AvgIpc) is 2.49. The Bertz CT molecular complexity index is 615. The van der Waals surface area contributed by atoms with Crippen molar-refractivity contribution in [2.24, 2.45) is 0 Å². The first-order valence-corrected chi connectivity index (χ1v) is 6.93. The second kappa shape index (κ2) is 8.08. The number of benzene rings is 1. The van der Waals surface area contributed by atoms with E-state index < -0.39 is 49.0 Å². The Morgan fingerprint density at radius 3 is 2.28 bits per heavy atom. The predicted octanol–water partition coefficient (Wildman–Crippen LogP) is 2.74. The Morgan fingerprint density at radius 1 is 1.08 bits per heavy atom. The molecule has 0 saturated carbocycles. The zero-order chi connectivity index (χ0) is 19.3. The highest BCUT2D eigenvalue weighted by Gasteiger charge is 2.31. The molecule has 11 heteroatoms. The van der Waals surface area contributed by atoms with Crippen molar-refractivity contribution >= 4 is 11.9 Å². The highest BCUT2D eigenvalue weighted by Crippen LogP contribution is 2.30. The summed E-state index contributed by atoms with van der Waals surface area (Å²) in [7, 11) is 0. The molecule has 1 atom stereocenters. The predicted molar refractivity (Wildman–Crippen MR) is 75.5 cm³/mol. The minimum absolute atomic E-state index is 0.173. The molecule has 0 bridgehead atoms. The Balaban J connectivity index is 2.51. The van der Waals surface area contributed by atoms with Crippen LogP contribution in [0.1, 0.15) is 24.1 Å². The van der Waals surface area contributed by atoms with E-state index in [-0.39, 0.29) is 5.56 Å². The number of alkyl halides is 6. The van der Waals surface area contributed by atoms with E-state index in [9.17, 15) is 35.9 Å². The lowest BCUT2D eigenvalue weighted by molar-refractivity contribution is -0.137. The molecular weight excluding hydrogens is 356 g/mol. The van der Waals surface area contributed by atoms with Crippen LogP contribution in [0, 0.1) is 0 Å². The molecule has 0 aromatic heterocycles. The molecular formula is C14H15F6N3O2. The first-order valence-electron chi connectivity index (χ1n) is 6.93. The molecule has 1 aromatic carbocycles. The topological polar surface area (TPSA) is 70.2 Å². The number of carbonyl (C=O) groups excluding carboxylic acids is 2. The van der Waals surface area contributed by atoms with Crippen LogP contribution in [0.25, 0.3) is 0 Å². The summed E-state index contributed by atoms with van der Waals surface area (Å²) in [4.78, 5) is 22.7. The zero-order valence-electron chi connectivity index (χ0n) is 12.9. The van der Waals surface area contributed by atoms with Crippen LogP contribution in [0.2, 0.25) is 0 Å². The molecule has 0 fully saturated rings. The van der Waals surface area contributed by atoms with Crippen LogP contribution in [-0.4, -0.2) is 31.2 Å². The number of nitrogens with one attached hydrogen (secondary N) is 3. The van der Waals surface area contributed by atoms with E-state index in [1.165, 1.54) is 19.1 Å². The molecule has 0 radical (unpaired) electrons. The van der Waals surface area contributed by atoms with Gasteiger partial charge in [-0.1, -0.05) is 12.1 Å². The smallest absolute Gasteiger partial charge is 0.345 e. The number of hydrogen-bond donors (Lipinski definition) is 3. The highest BCUT2D eigenvalue weighted by atomic mass is 19.4. The van der Waals surface area contributed by atoms with Crippen molar-refractivity contribution in [3.8, 4) is 0 Å². The van der Waals surface area contributed by atoms with Gasteiger partial charge in [-0.3, -0.25) is 4.79 Å². The van der Waals surface area contributed by atoms with Gasteiger partial charge in [0.2, 0.25) is 5.91 Å². The Labute approximate surface area is 138 Å². The zero-order valence-corrected chi connectivity index (χ0v) is 12.9. The van der Waals surface area contributed by atoms with Gasteiger partial charge >= 0.3 is 18.4 Å². The molecule has 140 valence electrons. The molecule has 0 aliphatic rings. The molecule has 0 unspecified atom stereocenters. The largest absolute Gasteiger partial charge is 0.416 e. The normalized spacial score (nSPS) is 13.1.